The van der Waals surface area contributed by atoms with Gasteiger partial charge >= 0.3 is 0 Å². The van der Waals surface area contributed by atoms with Gasteiger partial charge in [-0.2, -0.15) is 0 Å². The number of rotatable bonds is 8. The van der Waals surface area contributed by atoms with E-state index in [0.717, 1.165) is 57.4 Å². The first-order valence-electron chi connectivity index (χ1n) is 11.8. The maximum absolute atomic E-state index is 13.8. The topological polar surface area (TPSA) is 53.4 Å². The lowest BCUT2D eigenvalue weighted by molar-refractivity contribution is 0.332. The third-order valence-corrected chi connectivity index (χ3v) is 8.06. The van der Waals surface area contributed by atoms with Crippen molar-refractivity contribution in [3.63, 3.8) is 0 Å². The van der Waals surface area contributed by atoms with Crippen LogP contribution < -0.4 is 15.0 Å². The molecule has 7 heteroatoms. The van der Waals surface area contributed by atoms with Crippen LogP contribution in [0.15, 0.2) is 58.5 Å². The fraction of sp³-hybridized carbons (Fsp3) is 0.333. The summed E-state index contributed by atoms with van der Waals surface area (Å²) in [5, 5.41) is 1.53. The van der Waals surface area contributed by atoms with Gasteiger partial charge < -0.3 is 9.47 Å². The predicted molar refractivity (Wildman–Crippen MR) is 140 cm³/mol. The van der Waals surface area contributed by atoms with Crippen molar-refractivity contribution in [2.24, 2.45) is 0 Å². The number of thiophene rings is 1. The van der Waals surface area contributed by atoms with Gasteiger partial charge in [-0.05, 0) is 81.5 Å². The van der Waals surface area contributed by atoms with Crippen LogP contribution in [0.3, 0.4) is 0 Å². The molecule has 0 N–H and O–H groups in total. The van der Waals surface area contributed by atoms with Crippen LogP contribution in [-0.4, -0.2) is 28.5 Å². The minimum Gasteiger partial charge on any atom is -0.494 e. The minimum absolute atomic E-state index is 0.0446. The number of aromatic nitrogens is 2. The molecule has 0 unspecified atom stereocenters. The second kappa shape index (κ2) is 10.2. The summed E-state index contributed by atoms with van der Waals surface area (Å²) in [7, 11) is 0. The molecule has 1 aliphatic carbocycles. The molecule has 0 atom stereocenters. The van der Waals surface area contributed by atoms with E-state index in [9.17, 15) is 4.79 Å². The zero-order valence-corrected chi connectivity index (χ0v) is 21.1. The molecule has 176 valence electrons. The van der Waals surface area contributed by atoms with E-state index >= 15 is 0 Å². The van der Waals surface area contributed by atoms with Crippen molar-refractivity contribution in [2.75, 3.05) is 19.0 Å². The Labute approximate surface area is 207 Å². The molecular weight excluding hydrogens is 464 g/mol. The number of hydrogen-bond donors (Lipinski definition) is 0. The summed E-state index contributed by atoms with van der Waals surface area (Å²) in [6.07, 6.45) is 4.36. The van der Waals surface area contributed by atoms with Crippen LogP contribution in [0, 0.1) is 6.92 Å². The summed E-state index contributed by atoms with van der Waals surface area (Å²) in [5.41, 5.74) is 3.29. The van der Waals surface area contributed by atoms with E-state index in [1.807, 2.05) is 55.5 Å². The van der Waals surface area contributed by atoms with Gasteiger partial charge in [0.1, 0.15) is 16.3 Å². The summed E-state index contributed by atoms with van der Waals surface area (Å²) in [5.74, 6) is 2.32. The fourth-order valence-corrected chi connectivity index (χ4v) is 6.43. The predicted octanol–water partition coefficient (Wildman–Crippen LogP) is 6.20. The van der Waals surface area contributed by atoms with E-state index < -0.39 is 0 Å². The van der Waals surface area contributed by atoms with Crippen molar-refractivity contribution < 1.29 is 9.47 Å². The molecule has 1 aliphatic rings. The quantitative estimate of drug-likeness (QED) is 0.166. The standard InChI is InChI=1S/C27H28N2O3S2/c1-3-31-20-12-14-21(15-13-20)32-16-17-33-27-28-25-24(22-6-4-5-7-23(22)34-25)26(30)29(27)19-10-8-18(2)9-11-19/h8-15H,3-7,16-17H2,1-2H3. The summed E-state index contributed by atoms with van der Waals surface area (Å²) in [6.45, 7) is 5.18. The number of ether oxygens (including phenoxy) is 2. The molecule has 4 aromatic rings. The molecule has 0 spiro atoms. The van der Waals surface area contributed by atoms with Crippen LogP contribution in [0.1, 0.15) is 35.8 Å². The number of hydrogen-bond acceptors (Lipinski definition) is 6. The molecule has 0 saturated heterocycles. The Kier molecular flexibility index (Phi) is 6.92. The monoisotopic (exact) mass is 492 g/mol. The van der Waals surface area contributed by atoms with E-state index in [0.29, 0.717) is 19.0 Å². The second-order valence-electron chi connectivity index (χ2n) is 8.36. The first-order chi connectivity index (χ1) is 16.6. The van der Waals surface area contributed by atoms with Gasteiger partial charge in [0.25, 0.3) is 5.56 Å². The highest BCUT2D eigenvalue weighted by Crippen LogP contribution is 2.35. The molecule has 34 heavy (non-hydrogen) atoms. The van der Waals surface area contributed by atoms with E-state index in [-0.39, 0.29) is 5.56 Å². The Bertz CT molecular complexity index is 1340. The van der Waals surface area contributed by atoms with Crippen molar-refractivity contribution >= 4 is 33.3 Å². The van der Waals surface area contributed by atoms with Crippen LogP contribution >= 0.6 is 23.1 Å². The first-order valence-corrected chi connectivity index (χ1v) is 13.6. The van der Waals surface area contributed by atoms with Gasteiger partial charge in [0.2, 0.25) is 0 Å². The van der Waals surface area contributed by atoms with Crippen LogP contribution in [0.2, 0.25) is 0 Å². The van der Waals surface area contributed by atoms with Gasteiger partial charge in [-0.1, -0.05) is 29.5 Å². The number of thioether (sulfide) groups is 1. The third-order valence-electron chi connectivity index (χ3n) is 5.97. The highest BCUT2D eigenvalue weighted by molar-refractivity contribution is 7.99. The van der Waals surface area contributed by atoms with Gasteiger partial charge in [-0.3, -0.25) is 9.36 Å². The zero-order valence-electron chi connectivity index (χ0n) is 19.5. The molecule has 5 rings (SSSR count). The summed E-state index contributed by atoms with van der Waals surface area (Å²) in [6, 6.07) is 15.7. The fourth-order valence-electron chi connectivity index (χ4n) is 4.30. The smallest absolute Gasteiger partial charge is 0.267 e. The maximum Gasteiger partial charge on any atom is 0.267 e. The van der Waals surface area contributed by atoms with Gasteiger partial charge in [-0.15, -0.1) is 11.3 Å². The van der Waals surface area contributed by atoms with Gasteiger partial charge in [0.05, 0.1) is 24.3 Å². The van der Waals surface area contributed by atoms with Crippen molar-refractivity contribution in [3.05, 3.63) is 74.9 Å². The Morgan fingerprint density at radius 2 is 1.71 bits per heavy atom. The second-order valence-corrected chi connectivity index (χ2v) is 10.5. The van der Waals surface area contributed by atoms with E-state index in [2.05, 4.69) is 6.92 Å². The lowest BCUT2D eigenvalue weighted by atomic mass is 9.97. The average Bonchev–Trinajstić information content (AvgIpc) is 3.23. The molecule has 2 heterocycles. The summed E-state index contributed by atoms with van der Waals surface area (Å²) >= 11 is 3.26. The van der Waals surface area contributed by atoms with Gasteiger partial charge in [0.15, 0.2) is 5.16 Å². The van der Waals surface area contributed by atoms with Gasteiger partial charge in [-0.25, -0.2) is 4.98 Å². The van der Waals surface area contributed by atoms with Crippen molar-refractivity contribution in [3.8, 4) is 17.2 Å². The molecule has 0 fully saturated rings. The van der Waals surface area contributed by atoms with Crippen molar-refractivity contribution in [1.29, 1.82) is 0 Å². The lowest BCUT2D eigenvalue weighted by Gasteiger charge is -2.14. The molecule has 2 aromatic carbocycles. The molecule has 2 aromatic heterocycles. The SMILES string of the molecule is CCOc1ccc(OCCSc2nc3sc4c(c3c(=O)n2-c2ccc(C)cc2)CCCC4)cc1. The molecular formula is C27H28N2O3S2. The summed E-state index contributed by atoms with van der Waals surface area (Å²) < 4.78 is 13.2. The molecule has 0 aliphatic heterocycles. The minimum atomic E-state index is 0.0446. The highest BCUT2D eigenvalue weighted by atomic mass is 32.2. The normalized spacial score (nSPS) is 13.1. The van der Waals surface area contributed by atoms with Gasteiger partial charge in [0, 0.05) is 10.6 Å². The Morgan fingerprint density at radius 1 is 1.00 bits per heavy atom. The number of nitrogens with zero attached hydrogens (tertiary/aromatic N) is 2. The van der Waals surface area contributed by atoms with Crippen LogP contribution in [-0.2, 0) is 12.8 Å². The lowest BCUT2D eigenvalue weighted by Crippen LogP contribution is -2.22. The Balaban J connectivity index is 1.41. The van der Waals surface area contributed by atoms with Crippen molar-refractivity contribution in [1.82, 2.24) is 9.55 Å². The Hall–Kier alpha value is -2.77. The van der Waals surface area contributed by atoms with E-state index in [1.165, 1.54) is 16.9 Å². The summed E-state index contributed by atoms with van der Waals surface area (Å²) in [4.78, 5) is 21.0. The van der Waals surface area contributed by atoms with Crippen LogP contribution in [0.25, 0.3) is 15.9 Å². The molecule has 0 radical (unpaired) electrons. The van der Waals surface area contributed by atoms with Crippen LogP contribution in [0.5, 0.6) is 11.5 Å². The maximum atomic E-state index is 13.8. The highest BCUT2D eigenvalue weighted by Gasteiger charge is 2.22. The number of benzene rings is 2. The molecule has 0 amide bonds. The average molecular weight is 493 g/mol. The Morgan fingerprint density at radius 3 is 2.44 bits per heavy atom. The first kappa shape index (κ1) is 23.0. The third kappa shape index (κ3) is 4.72. The van der Waals surface area contributed by atoms with Crippen molar-refractivity contribution in [2.45, 2.75) is 44.7 Å². The van der Waals surface area contributed by atoms with Crippen LogP contribution in [0.4, 0.5) is 0 Å². The molecule has 0 bridgehead atoms. The largest absolute Gasteiger partial charge is 0.494 e. The van der Waals surface area contributed by atoms with E-state index in [4.69, 9.17) is 14.5 Å². The molecule has 0 saturated carbocycles. The van der Waals surface area contributed by atoms with E-state index in [1.54, 1.807) is 27.7 Å². The number of aryl methyl sites for hydroxylation is 3. The zero-order chi connectivity index (χ0) is 23.5. The molecule has 5 nitrogen and oxygen atoms in total. The number of fused-ring (bicyclic) bond motifs is 3.